The van der Waals surface area contributed by atoms with Crippen LogP contribution in [-0.4, -0.2) is 69.6 Å². The molecule has 1 aliphatic rings. The van der Waals surface area contributed by atoms with E-state index >= 15 is 0 Å². The molecule has 1 aromatic carbocycles. The highest BCUT2D eigenvalue weighted by atomic mass is 19.4. The van der Waals surface area contributed by atoms with Crippen LogP contribution in [0, 0.1) is 11.8 Å². The van der Waals surface area contributed by atoms with Crippen LogP contribution in [0.15, 0.2) is 42.7 Å². The fourth-order valence-electron chi connectivity index (χ4n) is 3.32. The van der Waals surface area contributed by atoms with Crippen molar-refractivity contribution in [2.24, 2.45) is 0 Å². The average Bonchev–Trinajstić information content (AvgIpc) is 2.82. The Balaban J connectivity index is 1.70. The van der Waals surface area contributed by atoms with E-state index in [0.717, 1.165) is 18.0 Å². The van der Waals surface area contributed by atoms with Gasteiger partial charge in [0.1, 0.15) is 12.6 Å². The van der Waals surface area contributed by atoms with E-state index in [-0.39, 0.29) is 32.2 Å². The van der Waals surface area contributed by atoms with E-state index in [4.69, 9.17) is 9.84 Å². The lowest BCUT2D eigenvalue weighted by Crippen LogP contribution is -2.55. The van der Waals surface area contributed by atoms with Gasteiger partial charge in [0.05, 0.1) is 13.2 Å². The van der Waals surface area contributed by atoms with Crippen molar-refractivity contribution in [2.75, 3.05) is 31.1 Å². The summed E-state index contributed by atoms with van der Waals surface area (Å²) in [5, 5.41) is 18.9. The molecule has 1 saturated heterocycles. The highest BCUT2D eigenvalue weighted by molar-refractivity contribution is 5.68. The molecule has 1 unspecified atom stereocenters. The smallest absolute Gasteiger partial charge is 0.423 e. The molecule has 1 aliphatic heterocycles. The minimum Gasteiger partial charge on any atom is -0.445 e. The summed E-state index contributed by atoms with van der Waals surface area (Å²) in [6.45, 7) is 0.906. The van der Waals surface area contributed by atoms with Crippen LogP contribution < -0.4 is 4.90 Å². The molecular weight excluding hydrogens is 441 g/mol. The number of benzene rings is 1. The van der Waals surface area contributed by atoms with E-state index in [9.17, 15) is 23.1 Å². The van der Waals surface area contributed by atoms with Crippen LogP contribution in [0.2, 0.25) is 0 Å². The summed E-state index contributed by atoms with van der Waals surface area (Å²) >= 11 is 0. The molecule has 2 N–H and O–H groups in total. The van der Waals surface area contributed by atoms with Crippen molar-refractivity contribution in [3.8, 4) is 11.8 Å². The lowest BCUT2D eigenvalue weighted by molar-refractivity contribution is -0.277. The molecular formula is C22H23F3N4O4. The average molecular weight is 464 g/mol. The lowest BCUT2D eigenvalue weighted by atomic mass is 9.97. The molecule has 2 aromatic rings. The second-order valence-electron chi connectivity index (χ2n) is 7.38. The van der Waals surface area contributed by atoms with Crippen LogP contribution in [0.25, 0.3) is 0 Å². The first-order chi connectivity index (χ1) is 15.7. The molecule has 33 heavy (non-hydrogen) atoms. The molecule has 1 amide bonds. The molecule has 0 spiro atoms. The van der Waals surface area contributed by atoms with Crippen LogP contribution in [-0.2, 0) is 16.9 Å². The summed E-state index contributed by atoms with van der Waals surface area (Å²) in [5.74, 6) is 5.81. The Bertz CT molecular complexity index is 1010. The Labute approximate surface area is 188 Å². The molecule has 2 atom stereocenters. The molecule has 1 fully saturated rings. The largest absolute Gasteiger partial charge is 0.445 e. The first-order valence-corrected chi connectivity index (χ1v) is 10.1. The minimum absolute atomic E-state index is 0.0891. The zero-order chi connectivity index (χ0) is 24.1. The molecule has 8 nitrogen and oxygen atoms in total. The van der Waals surface area contributed by atoms with Gasteiger partial charge in [0.15, 0.2) is 0 Å². The monoisotopic (exact) mass is 464 g/mol. The normalized spacial score (nSPS) is 18.2. The third-order valence-electron chi connectivity index (χ3n) is 5.23. The molecule has 0 aliphatic carbocycles. The van der Waals surface area contributed by atoms with E-state index in [2.05, 4.69) is 21.8 Å². The van der Waals surface area contributed by atoms with Crippen molar-refractivity contribution in [2.45, 2.75) is 31.3 Å². The second kappa shape index (κ2) is 10.1. The molecule has 176 valence electrons. The number of alkyl halides is 3. The maximum absolute atomic E-state index is 13.2. The third-order valence-corrected chi connectivity index (χ3v) is 5.23. The molecule has 11 heteroatoms. The zero-order valence-electron chi connectivity index (χ0n) is 17.8. The third kappa shape index (κ3) is 5.35. The predicted molar refractivity (Wildman–Crippen MR) is 112 cm³/mol. The Morgan fingerprint density at radius 1 is 1.21 bits per heavy atom. The van der Waals surface area contributed by atoms with E-state index in [1.165, 1.54) is 4.90 Å². The van der Waals surface area contributed by atoms with Crippen molar-refractivity contribution >= 4 is 12.0 Å². The van der Waals surface area contributed by atoms with Gasteiger partial charge < -0.3 is 24.7 Å². The highest BCUT2D eigenvalue weighted by Gasteiger charge is 2.55. The summed E-state index contributed by atoms with van der Waals surface area (Å²) in [6.07, 6.45) is -3.96. The van der Waals surface area contributed by atoms with Crippen molar-refractivity contribution in [1.82, 2.24) is 14.9 Å². The number of amides is 1. The first kappa shape index (κ1) is 24.3. The zero-order valence-corrected chi connectivity index (χ0v) is 17.8. The number of anilines is 1. The second-order valence-corrected chi connectivity index (χ2v) is 7.38. The number of aliphatic hydroxyl groups excluding tert-OH is 1. The summed E-state index contributed by atoms with van der Waals surface area (Å²) < 4.78 is 44.8. The minimum atomic E-state index is -5.10. The van der Waals surface area contributed by atoms with Gasteiger partial charge in [-0.15, -0.1) is 5.92 Å². The predicted octanol–water partition coefficient (Wildman–Crippen LogP) is 2.07. The van der Waals surface area contributed by atoms with Crippen LogP contribution in [0.5, 0.6) is 0 Å². The number of hydrogen-bond acceptors (Lipinski definition) is 7. The van der Waals surface area contributed by atoms with Gasteiger partial charge in [0, 0.05) is 31.0 Å². The number of rotatable bonds is 5. The van der Waals surface area contributed by atoms with Gasteiger partial charge in [-0.1, -0.05) is 36.3 Å². The number of nitrogens with zero attached hydrogens (tertiary/aromatic N) is 4. The van der Waals surface area contributed by atoms with Gasteiger partial charge in [0.2, 0.25) is 11.5 Å². The molecule has 0 radical (unpaired) electrons. The van der Waals surface area contributed by atoms with Gasteiger partial charge >= 0.3 is 12.3 Å². The Hall–Kier alpha value is -3.36. The highest BCUT2D eigenvalue weighted by Crippen LogP contribution is 2.38. The van der Waals surface area contributed by atoms with Gasteiger partial charge in [-0.2, -0.15) is 13.2 Å². The molecule has 0 saturated carbocycles. The van der Waals surface area contributed by atoms with Crippen molar-refractivity contribution in [3.63, 3.8) is 0 Å². The number of carbonyl (C=O) groups excluding carboxylic acids is 1. The fraction of sp³-hybridized carbons (Fsp3) is 0.409. The Morgan fingerprint density at radius 3 is 2.45 bits per heavy atom. The quantitative estimate of drug-likeness (QED) is 0.654. The number of aliphatic hydroxyl groups is 2. The number of halogens is 3. The van der Waals surface area contributed by atoms with E-state index < -0.39 is 36.1 Å². The van der Waals surface area contributed by atoms with Gasteiger partial charge in [-0.3, -0.25) is 0 Å². The SMILES string of the molecule is CC#C[C@H]1CN(C(=O)OCc2ccccc2)CCN1c1ncc(C(O)(CO)C(F)(F)F)cn1. The van der Waals surface area contributed by atoms with Crippen LogP contribution in [0.1, 0.15) is 18.1 Å². The standard InChI is InChI=1S/C22H23F3N4O4/c1-2-6-18-13-28(20(31)33-14-16-7-4-3-5-8-16)9-10-29(18)19-26-11-17(12-27-19)21(32,15-30)22(23,24)25/h3-5,7-8,11-12,18,30,32H,9-10,13-15H2,1H3/t18-,21?/m0/s1. The topological polar surface area (TPSA) is 99.0 Å². The van der Waals surface area contributed by atoms with E-state index in [0.29, 0.717) is 0 Å². The lowest BCUT2D eigenvalue weighted by Gasteiger charge is -2.38. The van der Waals surface area contributed by atoms with Gasteiger partial charge in [-0.05, 0) is 12.5 Å². The van der Waals surface area contributed by atoms with Crippen LogP contribution in [0.3, 0.4) is 0 Å². The Kier molecular flexibility index (Phi) is 7.40. The number of ether oxygens (including phenoxy) is 1. The van der Waals surface area contributed by atoms with Crippen molar-refractivity contribution in [1.29, 1.82) is 0 Å². The molecule has 2 heterocycles. The van der Waals surface area contributed by atoms with E-state index in [1.807, 2.05) is 30.3 Å². The fourth-order valence-corrected chi connectivity index (χ4v) is 3.32. The summed E-state index contributed by atoms with van der Waals surface area (Å²) in [4.78, 5) is 23.5. The van der Waals surface area contributed by atoms with Crippen molar-refractivity contribution < 1.29 is 32.9 Å². The summed E-state index contributed by atoms with van der Waals surface area (Å²) in [5.41, 5.74) is -3.29. The van der Waals surface area contributed by atoms with E-state index in [1.54, 1.807) is 11.8 Å². The molecule has 1 aromatic heterocycles. The summed E-state index contributed by atoms with van der Waals surface area (Å²) in [7, 11) is 0. The van der Waals surface area contributed by atoms with Gasteiger partial charge in [-0.25, -0.2) is 14.8 Å². The summed E-state index contributed by atoms with van der Waals surface area (Å²) in [6, 6.07) is 8.72. The Morgan fingerprint density at radius 2 is 1.88 bits per heavy atom. The van der Waals surface area contributed by atoms with Gasteiger partial charge in [0.25, 0.3) is 0 Å². The van der Waals surface area contributed by atoms with Crippen LogP contribution in [0.4, 0.5) is 23.9 Å². The molecule has 3 rings (SSSR count). The maximum Gasteiger partial charge on any atom is 0.423 e. The number of aromatic nitrogens is 2. The first-order valence-electron chi connectivity index (χ1n) is 10.1. The molecule has 0 bridgehead atoms. The van der Waals surface area contributed by atoms with Crippen LogP contribution >= 0.6 is 0 Å². The van der Waals surface area contributed by atoms with Crippen molar-refractivity contribution in [3.05, 3.63) is 53.9 Å². The number of piperazine rings is 1. The number of hydrogen-bond donors (Lipinski definition) is 2. The maximum atomic E-state index is 13.2. The number of carbonyl (C=O) groups is 1.